The highest BCUT2D eigenvalue weighted by Gasteiger charge is 2.20. The second-order valence-electron chi connectivity index (χ2n) is 20.5. The fourth-order valence-corrected chi connectivity index (χ4v) is 12.3. The highest BCUT2D eigenvalue weighted by molar-refractivity contribution is 6.24. The van der Waals surface area contributed by atoms with E-state index in [0.717, 1.165) is 140 Å². The lowest BCUT2D eigenvalue weighted by Gasteiger charge is -2.17. The van der Waals surface area contributed by atoms with E-state index in [1.807, 2.05) is 18.6 Å². The molecule has 0 saturated heterocycles. The summed E-state index contributed by atoms with van der Waals surface area (Å²) >= 11 is 0. The van der Waals surface area contributed by atoms with Gasteiger partial charge < -0.3 is 0 Å². The van der Waals surface area contributed by atoms with Crippen LogP contribution < -0.4 is 0 Å². The molecular weight excluding hydrogens is 949 g/mol. The SMILES string of the molecule is C1=Cc2c(c3ccccc3c3ncc(-c4cccc(-c5cc(-c6cccc(-c7cnc8c9ccccc9c9ccccc9c8n7)c6)cc(-c6cccc(-c7cnc8c9ccccc9c9ccccc9c8n7)c6)c5)c4)nc23)CC1. The maximum absolute atomic E-state index is 5.42. The van der Waals surface area contributed by atoms with Crippen molar-refractivity contribution >= 4 is 93.0 Å². The van der Waals surface area contributed by atoms with E-state index in [1.165, 1.54) is 38.1 Å². The summed E-state index contributed by atoms with van der Waals surface area (Å²) in [5.74, 6) is 0. The van der Waals surface area contributed by atoms with Gasteiger partial charge in [0, 0.05) is 49.2 Å². The van der Waals surface area contributed by atoms with Crippen molar-refractivity contribution < 1.29 is 0 Å². The molecule has 0 bridgehead atoms. The number of fused-ring (bicyclic) bond motifs is 18. The van der Waals surface area contributed by atoms with Gasteiger partial charge in [-0.15, -0.1) is 0 Å². The van der Waals surface area contributed by atoms with Crippen LogP contribution in [0.15, 0.2) is 237 Å². The quantitative estimate of drug-likeness (QED) is 0.155. The summed E-state index contributed by atoms with van der Waals surface area (Å²) in [7, 11) is 0. The normalized spacial score (nSPS) is 12.5. The van der Waals surface area contributed by atoms with Crippen molar-refractivity contribution in [3.05, 3.63) is 248 Å². The van der Waals surface area contributed by atoms with Gasteiger partial charge >= 0.3 is 0 Å². The Hall–Kier alpha value is -10.3. The van der Waals surface area contributed by atoms with E-state index < -0.39 is 0 Å². The fourth-order valence-electron chi connectivity index (χ4n) is 12.3. The zero-order valence-corrected chi connectivity index (χ0v) is 42.2. The number of aromatic nitrogens is 6. The summed E-state index contributed by atoms with van der Waals surface area (Å²) in [6.45, 7) is 0. The van der Waals surface area contributed by atoms with Gasteiger partial charge in [-0.25, -0.2) is 15.0 Å². The second kappa shape index (κ2) is 17.7. The Labute approximate surface area is 448 Å². The first-order valence-electron chi connectivity index (χ1n) is 26.6. The predicted octanol–water partition coefficient (Wildman–Crippen LogP) is 18.2. The molecule has 15 aromatic rings. The minimum absolute atomic E-state index is 0.820. The van der Waals surface area contributed by atoms with Crippen molar-refractivity contribution in [2.24, 2.45) is 0 Å². The highest BCUT2D eigenvalue weighted by atomic mass is 14.8. The van der Waals surface area contributed by atoms with Crippen LogP contribution >= 0.6 is 0 Å². The maximum Gasteiger partial charge on any atom is 0.0979 e. The van der Waals surface area contributed by atoms with Crippen LogP contribution in [0.4, 0.5) is 0 Å². The van der Waals surface area contributed by atoms with Gasteiger partial charge in [0.15, 0.2) is 0 Å². The lowest BCUT2D eigenvalue weighted by atomic mass is 9.90. The number of hydrogen-bond acceptors (Lipinski definition) is 6. The van der Waals surface area contributed by atoms with Gasteiger partial charge in [0.1, 0.15) is 0 Å². The third-order valence-electron chi connectivity index (χ3n) is 16.0. The van der Waals surface area contributed by atoms with Crippen molar-refractivity contribution in [2.75, 3.05) is 0 Å². The first-order valence-corrected chi connectivity index (χ1v) is 26.6. The molecule has 16 rings (SSSR count). The Morgan fingerprint density at radius 1 is 0.256 bits per heavy atom. The topological polar surface area (TPSA) is 77.3 Å². The molecule has 0 radical (unpaired) electrons. The molecule has 0 amide bonds. The molecule has 3 aromatic heterocycles. The van der Waals surface area contributed by atoms with E-state index in [-0.39, 0.29) is 0 Å². The zero-order valence-electron chi connectivity index (χ0n) is 42.2. The molecule has 6 nitrogen and oxygen atoms in total. The smallest absolute Gasteiger partial charge is 0.0979 e. The minimum Gasteiger partial charge on any atom is -0.252 e. The van der Waals surface area contributed by atoms with Crippen molar-refractivity contribution in [1.29, 1.82) is 0 Å². The lowest BCUT2D eigenvalue weighted by molar-refractivity contribution is 0.998. The molecule has 78 heavy (non-hydrogen) atoms. The number of rotatable bonds is 6. The van der Waals surface area contributed by atoms with Crippen molar-refractivity contribution in [3.8, 4) is 67.2 Å². The Balaban J connectivity index is 0.847. The minimum atomic E-state index is 0.820. The molecule has 3 heterocycles. The van der Waals surface area contributed by atoms with Crippen LogP contribution in [0.3, 0.4) is 0 Å². The largest absolute Gasteiger partial charge is 0.252 e. The summed E-state index contributed by atoms with van der Waals surface area (Å²) < 4.78 is 0. The van der Waals surface area contributed by atoms with E-state index in [9.17, 15) is 0 Å². The van der Waals surface area contributed by atoms with Crippen LogP contribution in [0, 0.1) is 0 Å². The van der Waals surface area contributed by atoms with Crippen LogP contribution in [0.1, 0.15) is 17.5 Å². The molecule has 6 heteroatoms. The molecule has 0 atom stereocenters. The molecule has 0 unspecified atom stereocenters. The molecule has 0 spiro atoms. The van der Waals surface area contributed by atoms with Gasteiger partial charge in [-0.05, 0) is 115 Å². The predicted molar refractivity (Wildman–Crippen MR) is 323 cm³/mol. The van der Waals surface area contributed by atoms with Gasteiger partial charge in [-0.1, -0.05) is 188 Å². The lowest BCUT2D eigenvalue weighted by Crippen LogP contribution is -2.01. The second-order valence-corrected chi connectivity index (χ2v) is 20.5. The fraction of sp³-hybridized carbons (Fsp3) is 0.0278. The first-order chi connectivity index (χ1) is 38.6. The maximum atomic E-state index is 5.42. The molecule has 362 valence electrons. The van der Waals surface area contributed by atoms with Crippen molar-refractivity contribution in [1.82, 2.24) is 29.9 Å². The standard InChI is InChI=1S/C72H44N6/c1-7-28-58-52(22-1)55-25-4-10-31-61(55)70-67(58)73-40-64(76-70)46-19-13-16-43(34-46)49-37-50(44-17-14-20-47(35-44)65-41-74-68-59-29-8-2-23-53(59)56-26-5-11-32-62(56)71(68)77-65)39-51(38-49)45-18-15-21-48(36-45)66-42-75-69-60-30-9-3-24-54(60)57-27-6-12-33-63(57)72(69)78-66/h1-5,7-26,28-42H,6,27H2. The molecule has 1 aliphatic carbocycles. The third kappa shape index (κ3) is 7.11. The Kier molecular flexibility index (Phi) is 9.97. The number of hydrogen-bond donors (Lipinski definition) is 0. The van der Waals surface area contributed by atoms with Gasteiger partial charge in [0.2, 0.25) is 0 Å². The average molecular weight is 993 g/mol. The first kappa shape index (κ1) is 44.0. The Morgan fingerprint density at radius 3 is 0.974 bits per heavy atom. The van der Waals surface area contributed by atoms with E-state index >= 15 is 0 Å². The monoisotopic (exact) mass is 992 g/mol. The zero-order chi connectivity index (χ0) is 51.3. The molecule has 1 aliphatic rings. The number of allylic oxidation sites excluding steroid dienone is 1. The van der Waals surface area contributed by atoms with E-state index in [0.29, 0.717) is 0 Å². The summed E-state index contributed by atoms with van der Waals surface area (Å²) in [6.07, 6.45) is 12.3. The molecule has 0 saturated carbocycles. The van der Waals surface area contributed by atoms with Gasteiger partial charge in [-0.3, -0.25) is 15.0 Å². The van der Waals surface area contributed by atoms with Crippen LogP contribution in [0.2, 0.25) is 0 Å². The molecular formula is C72H44N6. The number of aryl methyl sites for hydroxylation is 1. The van der Waals surface area contributed by atoms with Gasteiger partial charge in [-0.2, -0.15) is 0 Å². The van der Waals surface area contributed by atoms with Crippen LogP contribution in [0.25, 0.3) is 160 Å². The number of benzene rings is 12. The summed E-state index contributed by atoms with van der Waals surface area (Å²) in [5, 5.41) is 11.5. The molecule has 0 N–H and O–H groups in total. The van der Waals surface area contributed by atoms with Crippen LogP contribution in [-0.4, -0.2) is 29.9 Å². The molecule has 0 fully saturated rings. The Morgan fingerprint density at radius 2 is 0.564 bits per heavy atom. The van der Waals surface area contributed by atoms with Gasteiger partial charge in [0.05, 0.1) is 68.8 Å². The molecule has 12 aromatic carbocycles. The van der Waals surface area contributed by atoms with Gasteiger partial charge in [0.25, 0.3) is 0 Å². The van der Waals surface area contributed by atoms with Crippen LogP contribution in [-0.2, 0) is 6.42 Å². The summed E-state index contributed by atoms with van der Waals surface area (Å²) in [4.78, 5) is 31.6. The average Bonchev–Trinajstić information content (AvgIpc) is 3.71. The summed E-state index contributed by atoms with van der Waals surface area (Å²) in [5.41, 5.74) is 19.9. The van der Waals surface area contributed by atoms with E-state index in [1.54, 1.807) is 0 Å². The van der Waals surface area contributed by atoms with E-state index in [2.05, 4.69) is 224 Å². The third-order valence-corrected chi connectivity index (χ3v) is 16.0. The number of nitrogens with zero attached hydrogens (tertiary/aromatic N) is 6. The van der Waals surface area contributed by atoms with Crippen molar-refractivity contribution in [2.45, 2.75) is 12.8 Å². The molecule has 0 aliphatic heterocycles. The van der Waals surface area contributed by atoms with Crippen LogP contribution in [0.5, 0.6) is 0 Å². The van der Waals surface area contributed by atoms with Crippen molar-refractivity contribution in [3.63, 3.8) is 0 Å². The summed E-state index contributed by atoms with van der Waals surface area (Å²) in [6, 6.07) is 75.7. The van der Waals surface area contributed by atoms with E-state index in [4.69, 9.17) is 29.9 Å². The highest BCUT2D eigenvalue weighted by Crippen LogP contribution is 2.41. The Bertz CT molecular complexity index is 4770.